The van der Waals surface area contributed by atoms with Gasteiger partial charge < -0.3 is 5.73 Å². The Morgan fingerprint density at radius 2 is 1.20 bits per heavy atom. The lowest BCUT2D eigenvalue weighted by atomic mass is 10.2. The zero-order chi connectivity index (χ0) is 16.0. The van der Waals surface area contributed by atoms with Gasteiger partial charge in [0.05, 0.1) is 0 Å². The smallest absolute Gasteiger partial charge is 0.370 e. The van der Waals surface area contributed by atoms with E-state index in [1.807, 2.05) is 0 Å². The predicted octanol–water partition coefficient (Wildman–Crippen LogP) is -0.497. The van der Waals surface area contributed by atoms with Crippen molar-refractivity contribution >= 4 is 16.0 Å². The van der Waals surface area contributed by atoms with Crippen LogP contribution in [0.2, 0.25) is 0 Å². The van der Waals surface area contributed by atoms with Gasteiger partial charge in [0, 0.05) is 46.2 Å². The van der Waals surface area contributed by atoms with Gasteiger partial charge in [0.15, 0.2) is 0 Å². The Hall–Kier alpha value is -0.910. The zero-order valence-corrected chi connectivity index (χ0v) is 11.7. The molecule has 0 aromatic carbocycles. The summed E-state index contributed by atoms with van der Waals surface area (Å²) < 4.78 is 57.5. The molecular formula is C9H18F3N3O4S. The topological polar surface area (TPSA) is 104 Å². The van der Waals surface area contributed by atoms with Crippen LogP contribution < -0.4 is 5.73 Å². The lowest BCUT2D eigenvalue weighted by Gasteiger charge is -2.41. The Morgan fingerprint density at radius 3 is 1.25 bits per heavy atom. The molecular weight excluding hydrogens is 303 g/mol. The summed E-state index contributed by atoms with van der Waals surface area (Å²) in [7, 11) is -5.84. The standard InChI is InChI=1S/C6H12N2.C2H5NO.CHF3O3S/c1-2-8-5-3-7(1)4-6-8;1-2(3)4;2-1(3,4)8(5,6)7/h1-6H2;1H3,(H2,3,4);(H,5,6,7). The van der Waals surface area contributed by atoms with Crippen LogP contribution in [0.3, 0.4) is 0 Å². The molecule has 120 valence electrons. The molecule has 11 heteroatoms. The highest BCUT2D eigenvalue weighted by Crippen LogP contribution is 2.20. The van der Waals surface area contributed by atoms with Crippen LogP contribution >= 0.6 is 0 Å². The number of fused-ring (bicyclic) bond motifs is 3. The van der Waals surface area contributed by atoms with Crippen LogP contribution in [0.1, 0.15) is 6.92 Å². The fourth-order valence-electron chi connectivity index (χ4n) is 1.52. The van der Waals surface area contributed by atoms with Gasteiger partial charge in [0.25, 0.3) is 0 Å². The van der Waals surface area contributed by atoms with Crippen molar-refractivity contribution in [3.05, 3.63) is 0 Å². The fraction of sp³-hybridized carbons (Fsp3) is 0.889. The highest BCUT2D eigenvalue weighted by molar-refractivity contribution is 7.86. The largest absolute Gasteiger partial charge is 0.522 e. The van der Waals surface area contributed by atoms with E-state index in [9.17, 15) is 18.0 Å². The van der Waals surface area contributed by atoms with E-state index in [1.165, 1.54) is 46.2 Å². The first-order valence-corrected chi connectivity index (χ1v) is 7.12. The third-order valence-corrected chi connectivity index (χ3v) is 3.07. The average molecular weight is 321 g/mol. The van der Waals surface area contributed by atoms with Gasteiger partial charge in [-0.3, -0.25) is 19.1 Å². The number of rotatable bonds is 0. The van der Waals surface area contributed by atoms with Crippen molar-refractivity contribution in [3.63, 3.8) is 0 Å². The van der Waals surface area contributed by atoms with Gasteiger partial charge in [-0.2, -0.15) is 21.6 Å². The van der Waals surface area contributed by atoms with Gasteiger partial charge in [-0.25, -0.2) is 0 Å². The van der Waals surface area contributed by atoms with E-state index in [0.717, 1.165) is 0 Å². The molecule has 3 aliphatic rings. The molecule has 3 fully saturated rings. The Morgan fingerprint density at radius 1 is 1.05 bits per heavy atom. The molecule has 0 unspecified atom stereocenters. The molecule has 3 rings (SSSR count). The molecule has 0 spiro atoms. The Labute approximate surface area is 115 Å². The number of carbonyl (C=O) groups excluding carboxylic acids is 1. The molecule has 20 heavy (non-hydrogen) atoms. The minimum absolute atomic E-state index is 0.333. The number of hydrogen-bond acceptors (Lipinski definition) is 5. The molecule has 3 saturated heterocycles. The number of amides is 1. The maximum atomic E-state index is 10.7. The molecule has 1 amide bonds. The lowest BCUT2D eigenvalue weighted by molar-refractivity contribution is -0.115. The molecule has 2 bridgehead atoms. The van der Waals surface area contributed by atoms with Crippen LogP contribution in [0.4, 0.5) is 13.2 Å². The second kappa shape index (κ2) is 7.76. The third-order valence-electron chi connectivity index (χ3n) is 2.49. The lowest BCUT2D eigenvalue weighted by Crippen LogP contribution is -2.55. The van der Waals surface area contributed by atoms with Crippen molar-refractivity contribution < 1.29 is 30.9 Å². The number of nitrogens with zero attached hydrogens (tertiary/aromatic N) is 2. The van der Waals surface area contributed by atoms with Crippen LogP contribution in [0.15, 0.2) is 0 Å². The second-order valence-corrected chi connectivity index (χ2v) is 5.63. The first-order valence-electron chi connectivity index (χ1n) is 5.68. The van der Waals surface area contributed by atoms with Crippen molar-refractivity contribution in [2.24, 2.45) is 5.73 Å². The van der Waals surface area contributed by atoms with Gasteiger partial charge in [-0.1, -0.05) is 0 Å². The number of carbonyl (C=O) groups is 1. The Balaban J connectivity index is 0.000000289. The molecule has 0 radical (unpaired) electrons. The van der Waals surface area contributed by atoms with Crippen LogP contribution in [-0.2, 0) is 14.9 Å². The third kappa shape index (κ3) is 8.30. The van der Waals surface area contributed by atoms with Crippen molar-refractivity contribution in [3.8, 4) is 0 Å². The number of hydrogen-bond donors (Lipinski definition) is 2. The van der Waals surface area contributed by atoms with Crippen molar-refractivity contribution in [2.75, 3.05) is 39.3 Å². The van der Waals surface area contributed by atoms with Crippen LogP contribution in [0.25, 0.3) is 0 Å². The molecule has 3 N–H and O–H groups in total. The van der Waals surface area contributed by atoms with Gasteiger partial charge in [-0.05, 0) is 0 Å². The first kappa shape index (κ1) is 19.1. The van der Waals surface area contributed by atoms with E-state index < -0.39 is 15.6 Å². The van der Waals surface area contributed by atoms with E-state index in [1.54, 1.807) is 0 Å². The SMILES string of the molecule is C1CN2CCN1CC2.CC(N)=O.O=S(=O)(O)C(F)(F)F. The van der Waals surface area contributed by atoms with Gasteiger partial charge in [0.2, 0.25) is 5.91 Å². The average Bonchev–Trinajstić information content (AvgIpc) is 2.29. The summed E-state index contributed by atoms with van der Waals surface area (Å²) in [6, 6.07) is 0. The van der Waals surface area contributed by atoms with Crippen LogP contribution in [0.5, 0.6) is 0 Å². The molecule has 0 saturated carbocycles. The van der Waals surface area contributed by atoms with E-state index in [-0.39, 0.29) is 5.91 Å². The van der Waals surface area contributed by atoms with E-state index in [4.69, 9.17) is 13.0 Å². The normalized spacial score (nSPS) is 24.9. The van der Waals surface area contributed by atoms with Crippen LogP contribution in [0, 0.1) is 0 Å². The van der Waals surface area contributed by atoms with E-state index in [0.29, 0.717) is 0 Å². The number of alkyl halides is 3. The van der Waals surface area contributed by atoms with Gasteiger partial charge >= 0.3 is 15.6 Å². The minimum Gasteiger partial charge on any atom is -0.370 e. The Kier molecular flexibility index (Phi) is 7.41. The van der Waals surface area contributed by atoms with Crippen molar-refractivity contribution in [1.82, 2.24) is 9.80 Å². The van der Waals surface area contributed by atoms with Crippen molar-refractivity contribution in [2.45, 2.75) is 12.4 Å². The van der Waals surface area contributed by atoms with Crippen molar-refractivity contribution in [1.29, 1.82) is 0 Å². The monoisotopic (exact) mass is 321 g/mol. The summed E-state index contributed by atoms with van der Waals surface area (Å²) in [5.74, 6) is -0.333. The molecule has 3 heterocycles. The number of halogens is 3. The minimum atomic E-state index is -5.84. The highest BCUT2D eigenvalue weighted by atomic mass is 32.2. The summed E-state index contributed by atoms with van der Waals surface area (Å²) in [6.45, 7) is 9.22. The van der Waals surface area contributed by atoms with E-state index in [2.05, 4.69) is 15.5 Å². The molecule has 3 aliphatic heterocycles. The summed E-state index contributed by atoms with van der Waals surface area (Å²) in [5, 5.41) is 0. The van der Waals surface area contributed by atoms with Crippen LogP contribution in [-0.4, -0.2) is 73.5 Å². The number of primary amides is 1. The molecule has 0 atom stereocenters. The first-order chi connectivity index (χ1) is 8.93. The zero-order valence-electron chi connectivity index (χ0n) is 10.9. The summed E-state index contributed by atoms with van der Waals surface area (Å²) >= 11 is 0. The molecule has 0 aromatic heterocycles. The Bertz CT molecular complexity index is 378. The van der Waals surface area contributed by atoms with Gasteiger partial charge in [0.1, 0.15) is 0 Å². The predicted molar refractivity (Wildman–Crippen MR) is 65.4 cm³/mol. The summed E-state index contributed by atoms with van der Waals surface area (Å²) in [5.41, 5.74) is -1.06. The molecule has 0 aromatic rings. The maximum Gasteiger partial charge on any atom is 0.522 e. The summed E-state index contributed by atoms with van der Waals surface area (Å²) in [6.07, 6.45) is 0. The summed E-state index contributed by atoms with van der Waals surface area (Å²) in [4.78, 5) is 14.3. The number of piperazine rings is 3. The quantitative estimate of drug-likeness (QED) is 0.461. The molecule has 7 nitrogen and oxygen atoms in total. The van der Waals surface area contributed by atoms with Gasteiger partial charge in [-0.15, -0.1) is 0 Å². The maximum absolute atomic E-state index is 10.7. The number of nitrogens with two attached hydrogens (primary N) is 1. The molecule has 0 aliphatic carbocycles. The highest BCUT2D eigenvalue weighted by Gasteiger charge is 2.44. The van der Waals surface area contributed by atoms with E-state index >= 15 is 0 Å². The second-order valence-electron chi connectivity index (χ2n) is 4.21. The fourth-order valence-corrected chi connectivity index (χ4v) is 1.52.